The normalized spacial score (nSPS) is 42.0. The number of ether oxygens (including phenoxy) is 2. The Morgan fingerprint density at radius 1 is 0.750 bits per heavy atom. The second-order valence-corrected chi connectivity index (χ2v) is 7.83. The lowest BCUT2D eigenvalue weighted by molar-refractivity contribution is -0.269. The van der Waals surface area contributed by atoms with Gasteiger partial charge in [0, 0.05) is 10.8 Å². The smallest absolute Gasteiger partial charge is 0.309 e. The molecule has 0 radical (unpaired) electrons. The Bertz CT molecular complexity index is 389. The molecule has 6 aliphatic rings. The van der Waals surface area contributed by atoms with Gasteiger partial charge in [-0.15, -0.1) is 0 Å². The molecule has 4 saturated heterocycles. The standard InChI is InChI=1S/C16H24O4/c1-15(2)13-16(3,4)14(15)20-12(18)10-6-5-9(7-8-10)11(17)19-13/h9-10,13-14H,5-8H2,1-4H3. The van der Waals surface area contributed by atoms with Gasteiger partial charge < -0.3 is 9.47 Å². The molecule has 0 amide bonds. The molecule has 4 aliphatic heterocycles. The van der Waals surface area contributed by atoms with Crippen molar-refractivity contribution in [2.75, 3.05) is 0 Å². The molecule has 2 saturated carbocycles. The van der Waals surface area contributed by atoms with Crippen molar-refractivity contribution in [1.82, 2.24) is 0 Å². The highest BCUT2D eigenvalue weighted by atomic mass is 16.6. The summed E-state index contributed by atoms with van der Waals surface area (Å²) in [6, 6.07) is 0. The van der Waals surface area contributed by atoms with Crippen molar-refractivity contribution in [3.05, 3.63) is 0 Å². The second kappa shape index (κ2) is 4.22. The van der Waals surface area contributed by atoms with Gasteiger partial charge in [0.1, 0.15) is 12.2 Å². The van der Waals surface area contributed by atoms with Gasteiger partial charge in [0.25, 0.3) is 0 Å². The molecule has 0 aromatic rings. The highest BCUT2D eigenvalue weighted by molar-refractivity contribution is 5.76. The summed E-state index contributed by atoms with van der Waals surface area (Å²) >= 11 is 0. The van der Waals surface area contributed by atoms with E-state index in [2.05, 4.69) is 0 Å². The third kappa shape index (κ3) is 1.80. The van der Waals surface area contributed by atoms with E-state index in [0.717, 1.165) is 25.7 Å². The van der Waals surface area contributed by atoms with Gasteiger partial charge in [-0.3, -0.25) is 9.59 Å². The van der Waals surface area contributed by atoms with Crippen LogP contribution in [0.2, 0.25) is 0 Å². The Hall–Kier alpha value is -1.06. The molecule has 0 aromatic carbocycles. The summed E-state index contributed by atoms with van der Waals surface area (Å²) in [6.07, 6.45) is 2.62. The third-order valence-electron chi connectivity index (χ3n) is 5.56. The van der Waals surface area contributed by atoms with E-state index < -0.39 is 0 Å². The lowest BCUT2D eigenvalue weighted by Gasteiger charge is -2.61. The molecule has 4 heterocycles. The van der Waals surface area contributed by atoms with Crippen LogP contribution in [0.15, 0.2) is 0 Å². The largest absolute Gasteiger partial charge is 0.461 e. The van der Waals surface area contributed by atoms with Gasteiger partial charge in [-0.05, 0) is 25.7 Å². The zero-order chi connectivity index (χ0) is 14.7. The van der Waals surface area contributed by atoms with Gasteiger partial charge >= 0.3 is 11.9 Å². The van der Waals surface area contributed by atoms with Gasteiger partial charge in [0.05, 0.1) is 11.8 Å². The van der Waals surface area contributed by atoms with Crippen LogP contribution >= 0.6 is 0 Å². The fraction of sp³-hybridized carbons (Fsp3) is 0.875. The molecule has 0 N–H and O–H groups in total. The van der Waals surface area contributed by atoms with E-state index in [1.54, 1.807) is 0 Å². The van der Waals surface area contributed by atoms with Crippen LogP contribution in [-0.2, 0) is 19.1 Å². The molecule has 20 heavy (non-hydrogen) atoms. The number of esters is 2. The first-order valence-electron chi connectivity index (χ1n) is 7.65. The third-order valence-corrected chi connectivity index (χ3v) is 5.56. The van der Waals surface area contributed by atoms with Gasteiger partial charge in [-0.25, -0.2) is 0 Å². The molecular formula is C16H24O4. The van der Waals surface area contributed by atoms with Crippen LogP contribution in [0.1, 0.15) is 53.4 Å². The van der Waals surface area contributed by atoms with Crippen molar-refractivity contribution in [1.29, 1.82) is 0 Å². The highest BCUT2D eigenvalue weighted by Gasteiger charge is 2.67. The van der Waals surface area contributed by atoms with Crippen molar-refractivity contribution < 1.29 is 19.1 Å². The molecule has 4 bridgehead atoms. The lowest BCUT2D eigenvalue weighted by Crippen LogP contribution is -2.70. The minimum Gasteiger partial charge on any atom is -0.461 e. The van der Waals surface area contributed by atoms with Gasteiger partial charge in [0.15, 0.2) is 0 Å². The van der Waals surface area contributed by atoms with Crippen LogP contribution in [0.5, 0.6) is 0 Å². The van der Waals surface area contributed by atoms with Crippen LogP contribution in [0.25, 0.3) is 0 Å². The Morgan fingerprint density at radius 2 is 1.05 bits per heavy atom. The second-order valence-electron chi connectivity index (χ2n) is 7.83. The van der Waals surface area contributed by atoms with Crippen LogP contribution in [-0.4, -0.2) is 24.1 Å². The molecule has 4 heteroatoms. The molecule has 6 rings (SSSR count). The monoisotopic (exact) mass is 280 g/mol. The zero-order valence-corrected chi connectivity index (χ0v) is 12.8. The van der Waals surface area contributed by atoms with Crippen LogP contribution in [0, 0.1) is 22.7 Å². The molecule has 4 nitrogen and oxygen atoms in total. The summed E-state index contributed by atoms with van der Waals surface area (Å²) in [4.78, 5) is 24.7. The van der Waals surface area contributed by atoms with Crippen molar-refractivity contribution in [2.24, 2.45) is 22.7 Å². The molecule has 0 unspecified atom stereocenters. The van der Waals surface area contributed by atoms with Crippen LogP contribution in [0.3, 0.4) is 0 Å². The average molecular weight is 280 g/mol. The Balaban J connectivity index is 1.95. The van der Waals surface area contributed by atoms with E-state index >= 15 is 0 Å². The maximum absolute atomic E-state index is 12.3. The summed E-state index contributed by atoms with van der Waals surface area (Å²) in [6.45, 7) is 8.09. The van der Waals surface area contributed by atoms with Crippen molar-refractivity contribution in [3.8, 4) is 0 Å². The topological polar surface area (TPSA) is 52.6 Å². The minimum atomic E-state index is -0.307. The van der Waals surface area contributed by atoms with E-state index in [0.29, 0.717) is 0 Å². The molecular weight excluding hydrogens is 256 g/mol. The van der Waals surface area contributed by atoms with Gasteiger partial charge in [0.2, 0.25) is 0 Å². The first kappa shape index (κ1) is 13.9. The Labute approximate surface area is 120 Å². The lowest BCUT2D eigenvalue weighted by atomic mass is 9.51. The molecule has 0 spiro atoms. The maximum Gasteiger partial charge on any atom is 0.309 e. The van der Waals surface area contributed by atoms with E-state index in [1.807, 2.05) is 27.7 Å². The fourth-order valence-electron chi connectivity index (χ4n) is 4.69. The molecule has 6 fully saturated rings. The summed E-state index contributed by atoms with van der Waals surface area (Å²) in [7, 11) is 0. The Kier molecular flexibility index (Phi) is 2.93. The first-order valence-corrected chi connectivity index (χ1v) is 7.65. The average Bonchev–Trinajstić information content (AvgIpc) is 2.44. The maximum atomic E-state index is 12.3. The summed E-state index contributed by atoms with van der Waals surface area (Å²) in [5.41, 5.74) is -0.614. The van der Waals surface area contributed by atoms with Crippen LogP contribution in [0.4, 0.5) is 0 Å². The van der Waals surface area contributed by atoms with Gasteiger partial charge in [-0.1, -0.05) is 27.7 Å². The van der Waals surface area contributed by atoms with Gasteiger partial charge in [-0.2, -0.15) is 0 Å². The SMILES string of the molecule is CC1(C)C2OC(=O)C3CCC(CC3)C(=O)OC1C2(C)C. The zero-order valence-electron chi connectivity index (χ0n) is 12.8. The van der Waals surface area contributed by atoms with Crippen LogP contribution < -0.4 is 0 Å². The number of hydrogen-bond acceptors (Lipinski definition) is 4. The summed E-state index contributed by atoms with van der Waals surface area (Å²) in [5.74, 6) is -0.240. The minimum absolute atomic E-state index is 0.0391. The highest BCUT2D eigenvalue weighted by Crippen LogP contribution is 2.58. The van der Waals surface area contributed by atoms with E-state index in [4.69, 9.17) is 9.47 Å². The Morgan fingerprint density at radius 3 is 1.35 bits per heavy atom. The van der Waals surface area contributed by atoms with Crippen molar-refractivity contribution >= 4 is 11.9 Å². The number of carbonyl (C=O) groups excluding carboxylic acids is 2. The number of hydrogen-bond donors (Lipinski definition) is 0. The number of carbonyl (C=O) groups is 2. The van der Waals surface area contributed by atoms with Crippen molar-refractivity contribution in [2.45, 2.75) is 65.6 Å². The van der Waals surface area contributed by atoms with E-state index in [9.17, 15) is 9.59 Å². The predicted molar refractivity (Wildman–Crippen MR) is 72.8 cm³/mol. The van der Waals surface area contributed by atoms with E-state index in [1.165, 1.54) is 0 Å². The molecule has 0 aromatic heterocycles. The fourth-order valence-corrected chi connectivity index (χ4v) is 4.69. The first-order chi connectivity index (χ1) is 9.24. The van der Waals surface area contributed by atoms with E-state index in [-0.39, 0.29) is 46.8 Å². The molecule has 2 aliphatic carbocycles. The molecule has 112 valence electrons. The predicted octanol–water partition coefficient (Wildman–Crippen LogP) is 2.70. The summed E-state index contributed by atoms with van der Waals surface area (Å²) < 4.78 is 11.6. The summed E-state index contributed by atoms with van der Waals surface area (Å²) in [5, 5.41) is 0. The quantitative estimate of drug-likeness (QED) is 0.640. The molecule has 0 atom stereocenters. The van der Waals surface area contributed by atoms with Crippen molar-refractivity contribution in [3.63, 3.8) is 0 Å². The number of rotatable bonds is 0.